The summed E-state index contributed by atoms with van der Waals surface area (Å²) < 4.78 is 36.1. The van der Waals surface area contributed by atoms with Crippen molar-refractivity contribution in [2.75, 3.05) is 0 Å². The molecular weight excluding hydrogens is 207 g/mol. The van der Waals surface area contributed by atoms with Crippen molar-refractivity contribution in [2.45, 2.75) is 6.18 Å². The van der Waals surface area contributed by atoms with E-state index in [-0.39, 0.29) is 17.0 Å². The molecule has 70 valence electrons. The van der Waals surface area contributed by atoms with Crippen LogP contribution in [0.4, 0.5) is 13.2 Å². The van der Waals surface area contributed by atoms with Crippen LogP contribution >= 0.6 is 11.6 Å². The largest absolute Gasteiger partial charge is 0.433 e. The lowest BCUT2D eigenvalue weighted by atomic mass is 10.2. The predicted octanol–water partition coefficient (Wildman–Crippen LogP) is 2.57. The van der Waals surface area contributed by atoms with E-state index in [1.165, 1.54) is 0 Å². The first-order valence-corrected chi connectivity index (χ1v) is 3.51. The molecule has 0 spiro atoms. The Bertz CT molecular complexity index is 337. The maximum atomic E-state index is 12.0. The SMILES string of the molecule is O=Cc1cc(Cl)nc(C(F)(F)F)c1. The van der Waals surface area contributed by atoms with Crippen molar-refractivity contribution in [1.82, 2.24) is 4.98 Å². The van der Waals surface area contributed by atoms with Crippen molar-refractivity contribution < 1.29 is 18.0 Å². The van der Waals surface area contributed by atoms with E-state index in [0.717, 1.165) is 6.07 Å². The fourth-order valence-electron chi connectivity index (χ4n) is 0.730. The molecule has 0 amide bonds. The number of rotatable bonds is 1. The van der Waals surface area contributed by atoms with Crippen molar-refractivity contribution in [2.24, 2.45) is 0 Å². The van der Waals surface area contributed by atoms with Crippen LogP contribution in [0.15, 0.2) is 12.1 Å². The molecule has 0 aromatic carbocycles. The number of carbonyl (C=O) groups is 1. The van der Waals surface area contributed by atoms with Crippen LogP contribution < -0.4 is 0 Å². The second kappa shape index (κ2) is 3.33. The molecule has 0 saturated heterocycles. The molecule has 0 aliphatic rings. The van der Waals surface area contributed by atoms with Gasteiger partial charge in [0.15, 0.2) is 0 Å². The molecule has 0 radical (unpaired) electrons. The summed E-state index contributed by atoms with van der Waals surface area (Å²) in [5.41, 5.74) is -1.31. The van der Waals surface area contributed by atoms with Crippen LogP contribution in [0, 0.1) is 0 Å². The van der Waals surface area contributed by atoms with Gasteiger partial charge >= 0.3 is 6.18 Å². The summed E-state index contributed by atoms with van der Waals surface area (Å²) in [6.07, 6.45) is -4.30. The maximum Gasteiger partial charge on any atom is 0.433 e. The van der Waals surface area contributed by atoms with Crippen LogP contribution in [0.3, 0.4) is 0 Å². The van der Waals surface area contributed by atoms with Gasteiger partial charge in [0.25, 0.3) is 0 Å². The molecule has 0 fully saturated rings. The average molecular weight is 210 g/mol. The van der Waals surface area contributed by atoms with Gasteiger partial charge < -0.3 is 0 Å². The zero-order chi connectivity index (χ0) is 10.1. The van der Waals surface area contributed by atoms with Gasteiger partial charge in [0, 0.05) is 5.56 Å². The Morgan fingerprint density at radius 2 is 2.00 bits per heavy atom. The summed E-state index contributed by atoms with van der Waals surface area (Å²) in [6.45, 7) is 0. The third kappa shape index (κ3) is 2.42. The number of aromatic nitrogens is 1. The van der Waals surface area contributed by atoms with Crippen LogP contribution in [-0.2, 0) is 6.18 Å². The molecule has 1 aromatic rings. The lowest BCUT2D eigenvalue weighted by molar-refractivity contribution is -0.141. The van der Waals surface area contributed by atoms with Crippen molar-refractivity contribution in [1.29, 1.82) is 0 Å². The highest BCUT2D eigenvalue weighted by molar-refractivity contribution is 6.29. The van der Waals surface area contributed by atoms with Gasteiger partial charge in [-0.1, -0.05) is 11.6 Å². The zero-order valence-corrected chi connectivity index (χ0v) is 6.86. The van der Waals surface area contributed by atoms with Gasteiger partial charge in [-0.05, 0) is 12.1 Å². The zero-order valence-electron chi connectivity index (χ0n) is 6.10. The summed E-state index contributed by atoms with van der Waals surface area (Å²) in [6, 6.07) is 1.70. The molecule has 0 aliphatic heterocycles. The van der Waals surface area contributed by atoms with E-state index in [2.05, 4.69) is 4.98 Å². The fourth-order valence-corrected chi connectivity index (χ4v) is 0.947. The minimum atomic E-state index is -4.58. The standard InChI is InChI=1S/C7H3ClF3NO/c8-6-2-4(3-13)1-5(12-6)7(9,10)11/h1-3H. The predicted molar refractivity (Wildman–Crippen MR) is 39.6 cm³/mol. The van der Waals surface area contributed by atoms with Gasteiger partial charge in [0.1, 0.15) is 17.1 Å². The maximum absolute atomic E-state index is 12.0. The Morgan fingerprint density at radius 3 is 2.46 bits per heavy atom. The van der Waals surface area contributed by atoms with Crippen LogP contribution in [0.25, 0.3) is 0 Å². The van der Waals surface area contributed by atoms with Gasteiger partial charge in [-0.15, -0.1) is 0 Å². The summed E-state index contributed by atoms with van der Waals surface area (Å²) in [5, 5.41) is -0.350. The fraction of sp³-hybridized carbons (Fsp3) is 0.143. The van der Waals surface area contributed by atoms with E-state index in [9.17, 15) is 18.0 Å². The molecule has 13 heavy (non-hydrogen) atoms. The van der Waals surface area contributed by atoms with E-state index < -0.39 is 11.9 Å². The highest BCUT2D eigenvalue weighted by Gasteiger charge is 2.33. The molecule has 0 aliphatic carbocycles. The van der Waals surface area contributed by atoms with Crippen molar-refractivity contribution in [3.05, 3.63) is 28.5 Å². The van der Waals surface area contributed by atoms with Crippen molar-refractivity contribution in [3.63, 3.8) is 0 Å². The lowest BCUT2D eigenvalue weighted by Crippen LogP contribution is -2.08. The topological polar surface area (TPSA) is 30.0 Å². The molecule has 6 heteroatoms. The van der Waals surface area contributed by atoms with Crippen LogP contribution in [-0.4, -0.2) is 11.3 Å². The van der Waals surface area contributed by atoms with Crippen LogP contribution in [0.1, 0.15) is 16.1 Å². The molecule has 0 atom stereocenters. The van der Waals surface area contributed by atoms with Crippen LogP contribution in [0.2, 0.25) is 5.15 Å². The monoisotopic (exact) mass is 209 g/mol. The Balaban J connectivity index is 3.24. The van der Waals surface area contributed by atoms with E-state index in [1.807, 2.05) is 0 Å². The third-order valence-electron chi connectivity index (χ3n) is 1.24. The number of alkyl halides is 3. The van der Waals surface area contributed by atoms with Gasteiger partial charge in [0.05, 0.1) is 0 Å². The number of hydrogen-bond acceptors (Lipinski definition) is 2. The quantitative estimate of drug-likeness (QED) is 0.526. The number of carbonyl (C=O) groups excluding carboxylic acids is 1. The molecular formula is C7H3ClF3NO. The first-order valence-electron chi connectivity index (χ1n) is 3.13. The molecule has 1 heterocycles. The van der Waals surface area contributed by atoms with Crippen molar-refractivity contribution >= 4 is 17.9 Å². The Morgan fingerprint density at radius 1 is 1.38 bits per heavy atom. The molecule has 0 saturated carbocycles. The van der Waals surface area contributed by atoms with Crippen molar-refractivity contribution in [3.8, 4) is 0 Å². The van der Waals surface area contributed by atoms with Gasteiger partial charge in [-0.25, -0.2) is 4.98 Å². The van der Waals surface area contributed by atoms with E-state index in [0.29, 0.717) is 6.07 Å². The second-order valence-electron chi connectivity index (χ2n) is 2.22. The second-order valence-corrected chi connectivity index (χ2v) is 2.61. The Hall–Kier alpha value is -1.10. The Kier molecular flexibility index (Phi) is 2.56. The number of aldehydes is 1. The van der Waals surface area contributed by atoms with Gasteiger partial charge in [0.2, 0.25) is 0 Å². The normalized spacial score (nSPS) is 11.4. The lowest BCUT2D eigenvalue weighted by Gasteiger charge is -2.05. The Labute approximate surface area is 76.3 Å². The number of nitrogens with zero attached hydrogens (tertiary/aromatic N) is 1. The average Bonchev–Trinajstić information content (AvgIpc) is 2.01. The molecule has 1 aromatic heterocycles. The van der Waals surface area contributed by atoms with Gasteiger partial charge in [-0.2, -0.15) is 13.2 Å². The molecule has 0 unspecified atom stereocenters. The minimum absolute atomic E-state index is 0.146. The molecule has 0 N–H and O–H groups in total. The van der Waals surface area contributed by atoms with Crippen LogP contribution in [0.5, 0.6) is 0 Å². The van der Waals surface area contributed by atoms with E-state index in [4.69, 9.17) is 11.6 Å². The highest BCUT2D eigenvalue weighted by atomic mass is 35.5. The molecule has 0 bridgehead atoms. The minimum Gasteiger partial charge on any atom is -0.298 e. The smallest absolute Gasteiger partial charge is 0.298 e. The first-order chi connectivity index (χ1) is 5.93. The number of hydrogen-bond donors (Lipinski definition) is 0. The highest BCUT2D eigenvalue weighted by Crippen LogP contribution is 2.28. The van der Waals surface area contributed by atoms with Gasteiger partial charge in [-0.3, -0.25) is 4.79 Å². The molecule has 1 rings (SSSR count). The summed E-state index contributed by atoms with van der Waals surface area (Å²) >= 11 is 5.26. The van der Waals surface area contributed by atoms with E-state index >= 15 is 0 Å². The summed E-state index contributed by atoms with van der Waals surface area (Å²) in [5.74, 6) is 0. The third-order valence-corrected chi connectivity index (χ3v) is 1.44. The first kappa shape index (κ1) is 9.98. The number of halogens is 4. The molecule has 2 nitrogen and oxygen atoms in total. The van der Waals surface area contributed by atoms with E-state index in [1.54, 1.807) is 0 Å². The summed E-state index contributed by atoms with van der Waals surface area (Å²) in [7, 11) is 0. The summed E-state index contributed by atoms with van der Waals surface area (Å²) in [4.78, 5) is 13.2. The number of pyridine rings is 1.